The number of aromatic nitrogens is 3. The number of rotatable bonds is 3. The zero-order valence-electron chi connectivity index (χ0n) is 12.6. The molecule has 1 aliphatic heterocycles. The molecule has 0 aromatic carbocycles. The summed E-state index contributed by atoms with van der Waals surface area (Å²) in [5.74, 6) is 1.87. The maximum atomic E-state index is 8.86. The van der Waals surface area contributed by atoms with Crippen LogP contribution in [-0.2, 0) is 0 Å². The number of anilines is 2. The van der Waals surface area contributed by atoms with Gasteiger partial charge in [-0.15, -0.1) is 0 Å². The number of hydrogen-bond donors (Lipinski definition) is 0. The van der Waals surface area contributed by atoms with E-state index in [2.05, 4.69) is 37.9 Å². The SMILES string of the molecule is CN(c1ccncn1)C1CCCN(c2ccc(C#N)cn2)C1. The second kappa shape index (κ2) is 6.39. The van der Waals surface area contributed by atoms with Crippen molar-refractivity contribution in [2.75, 3.05) is 29.9 Å². The minimum atomic E-state index is 0.390. The topological polar surface area (TPSA) is 68.9 Å². The molecule has 6 heteroatoms. The predicted molar refractivity (Wildman–Crippen MR) is 84.6 cm³/mol. The molecule has 2 aromatic heterocycles. The summed E-state index contributed by atoms with van der Waals surface area (Å²) in [6.45, 7) is 1.90. The van der Waals surface area contributed by atoms with Crippen molar-refractivity contribution in [2.45, 2.75) is 18.9 Å². The number of pyridine rings is 1. The van der Waals surface area contributed by atoms with E-state index in [0.717, 1.165) is 37.6 Å². The van der Waals surface area contributed by atoms with Crippen LogP contribution in [0.4, 0.5) is 11.6 Å². The minimum absolute atomic E-state index is 0.390. The number of piperidine rings is 1. The molecular weight excluding hydrogens is 276 g/mol. The monoisotopic (exact) mass is 294 g/mol. The molecule has 0 radical (unpaired) electrons. The van der Waals surface area contributed by atoms with E-state index in [1.165, 1.54) is 0 Å². The first-order valence-corrected chi connectivity index (χ1v) is 7.38. The maximum absolute atomic E-state index is 8.86. The molecular formula is C16H18N6. The van der Waals surface area contributed by atoms with Gasteiger partial charge in [0.2, 0.25) is 0 Å². The van der Waals surface area contributed by atoms with E-state index < -0.39 is 0 Å². The fraction of sp³-hybridized carbons (Fsp3) is 0.375. The average molecular weight is 294 g/mol. The minimum Gasteiger partial charge on any atom is -0.355 e. The normalized spacial score (nSPS) is 17.8. The molecule has 0 N–H and O–H groups in total. The van der Waals surface area contributed by atoms with Gasteiger partial charge in [-0.1, -0.05) is 0 Å². The molecule has 112 valence electrons. The van der Waals surface area contributed by atoms with E-state index in [9.17, 15) is 0 Å². The molecule has 3 heterocycles. The standard InChI is InChI=1S/C16H18N6/c1-21(15-6-7-18-12-20-15)14-3-2-8-22(11-14)16-5-4-13(9-17)10-19-16/h4-7,10,12,14H,2-3,8,11H2,1H3. The van der Waals surface area contributed by atoms with Crippen LogP contribution in [0.5, 0.6) is 0 Å². The van der Waals surface area contributed by atoms with Gasteiger partial charge in [0, 0.05) is 38.6 Å². The maximum Gasteiger partial charge on any atom is 0.131 e. The van der Waals surface area contributed by atoms with Crippen LogP contribution >= 0.6 is 0 Å². The Hall–Kier alpha value is -2.68. The first-order chi connectivity index (χ1) is 10.8. The Morgan fingerprint density at radius 1 is 1.32 bits per heavy atom. The Kier molecular flexibility index (Phi) is 4.15. The molecule has 0 aliphatic carbocycles. The molecule has 0 saturated carbocycles. The van der Waals surface area contributed by atoms with Crippen LogP contribution in [0.25, 0.3) is 0 Å². The third-order valence-electron chi connectivity index (χ3n) is 4.07. The molecule has 22 heavy (non-hydrogen) atoms. The molecule has 1 fully saturated rings. The number of hydrogen-bond acceptors (Lipinski definition) is 6. The average Bonchev–Trinajstić information content (AvgIpc) is 2.62. The van der Waals surface area contributed by atoms with Gasteiger partial charge in [-0.05, 0) is 31.0 Å². The molecule has 0 spiro atoms. The Bertz CT molecular complexity index is 649. The zero-order chi connectivity index (χ0) is 15.4. The zero-order valence-corrected chi connectivity index (χ0v) is 12.6. The first-order valence-electron chi connectivity index (χ1n) is 7.38. The van der Waals surface area contributed by atoms with Gasteiger partial charge < -0.3 is 9.80 Å². The van der Waals surface area contributed by atoms with Crippen molar-refractivity contribution in [2.24, 2.45) is 0 Å². The highest BCUT2D eigenvalue weighted by molar-refractivity contribution is 5.44. The van der Waals surface area contributed by atoms with Crippen LogP contribution in [0, 0.1) is 11.3 Å². The van der Waals surface area contributed by atoms with Crippen molar-refractivity contribution in [1.29, 1.82) is 5.26 Å². The Balaban J connectivity index is 1.72. The third kappa shape index (κ3) is 2.98. The molecule has 1 atom stereocenters. The van der Waals surface area contributed by atoms with Crippen molar-refractivity contribution in [3.8, 4) is 6.07 Å². The second-order valence-corrected chi connectivity index (χ2v) is 5.44. The summed E-state index contributed by atoms with van der Waals surface area (Å²) >= 11 is 0. The van der Waals surface area contributed by atoms with E-state index in [1.54, 1.807) is 18.7 Å². The van der Waals surface area contributed by atoms with E-state index in [4.69, 9.17) is 5.26 Å². The second-order valence-electron chi connectivity index (χ2n) is 5.44. The lowest BCUT2D eigenvalue weighted by molar-refractivity contribution is 0.483. The van der Waals surface area contributed by atoms with Crippen LogP contribution in [0.2, 0.25) is 0 Å². The summed E-state index contributed by atoms with van der Waals surface area (Å²) in [6, 6.07) is 8.16. The van der Waals surface area contributed by atoms with Gasteiger partial charge in [0.1, 0.15) is 24.0 Å². The van der Waals surface area contributed by atoms with Crippen molar-refractivity contribution < 1.29 is 0 Å². The predicted octanol–water partition coefficient (Wildman–Crippen LogP) is 1.85. The van der Waals surface area contributed by atoms with E-state index in [1.807, 2.05) is 18.2 Å². The lowest BCUT2D eigenvalue weighted by Crippen LogP contribution is -2.47. The molecule has 1 unspecified atom stereocenters. The van der Waals surface area contributed by atoms with Crippen LogP contribution in [0.1, 0.15) is 18.4 Å². The molecule has 2 aromatic rings. The fourth-order valence-corrected chi connectivity index (χ4v) is 2.80. The van der Waals surface area contributed by atoms with Gasteiger partial charge in [0.05, 0.1) is 5.56 Å². The molecule has 0 bridgehead atoms. The molecule has 0 amide bonds. The van der Waals surface area contributed by atoms with Crippen molar-refractivity contribution in [3.63, 3.8) is 0 Å². The number of nitrogens with zero attached hydrogens (tertiary/aromatic N) is 6. The number of likely N-dealkylation sites (N-methyl/N-ethyl adjacent to an activating group) is 1. The van der Waals surface area contributed by atoms with Gasteiger partial charge in [-0.3, -0.25) is 0 Å². The molecule has 1 saturated heterocycles. The summed E-state index contributed by atoms with van der Waals surface area (Å²) < 4.78 is 0. The molecule has 1 aliphatic rings. The lowest BCUT2D eigenvalue weighted by Gasteiger charge is -2.38. The Morgan fingerprint density at radius 2 is 2.23 bits per heavy atom. The van der Waals surface area contributed by atoms with Gasteiger partial charge in [0.15, 0.2) is 0 Å². The fourth-order valence-electron chi connectivity index (χ4n) is 2.80. The third-order valence-corrected chi connectivity index (χ3v) is 4.07. The Morgan fingerprint density at radius 3 is 2.91 bits per heavy atom. The highest BCUT2D eigenvalue weighted by Crippen LogP contribution is 2.22. The first kappa shape index (κ1) is 14.3. The van der Waals surface area contributed by atoms with Crippen LogP contribution < -0.4 is 9.80 Å². The number of nitriles is 1. The van der Waals surface area contributed by atoms with Crippen molar-refractivity contribution in [3.05, 3.63) is 42.5 Å². The quantitative estimate of drug-likeness (QED) is 0.860. The highest BCUT2D eigenvalue weighted by Gasteiger charge is 2.24. The smallest absolute Gasteiger partial charge is 0.131 e. The highest BCUT2D eigenvalue weighted by atomic mass is 15.3. The van der Waals surface area contributed by atoms with Crippen molar-refractivity contribution in [1.82, 2.24) is 15.0 Å². The van der Waals surface area contributed by atoms with Crippen molar-refractivity contribution >= 4 is 11.6 Å². The summed E-state index contributed by atoms with van der Waals surface area (Å²) in [5.41, 5.74) is 0.593. The van der Waals surface area contributed by atoms with E-state index in [-0.39, 0.29) is 0 Å². The molecule has 6 nitrogen and oxygen atoms in total. The summed E-state index contributed by atoms with van der Waals surface area (Å²) in [4.78, 5) is 17.2. The summed E-state index contributed by atoms with van der Waals surface area (Å²) in [6.07, 6.45) is 7.22. The van der Waals surface area contributed by atoms with Crippen LogP contribution in [-0.4, -0.2) is 41.1 Å². The van der Waals surface area contributed by atoms with Gasteiger partial charge in [-0.2, -0.15) is 5.26 Å². The largest absolute Gasteiger partial charge is 0.355 e. The summed E-state index contributed by atoms with van der Waals surface area (Å²) in [5, 5.41) is 8.86. The Labute approximate surface area is 130 Å². The molecule has 3 rings (SSSR count). The van der Waals surface area contributed by atoms with Gasteiger partial charge >= 0.3 is 0 Å². The van der Waals surface area contributed by atoms with E-state index in [0.29, 0.717) is 11.6 Å². The van der Waals surface area contributed by atoms with Crippen LogP contribution in [0.3, 0.4) is 0 Å². The van der Waals surface area contributed by atoms with E-state index >= 15 is 0 Å². The van der Waals surface area contributed by atoms with Gasteiger partial charge in [0.25, 0.3) is 0 Å². The van der Waals surface area contributed by atoms with Crippen LogP contribution in [0.15, 0.2) is 36.9 Å². The van der Waals surface area contributed by atoms with Gasteiger partial charge in [-0.25, -0.2) is 15.0 Å². The summed E-state index contributed by atoms with van der Waals surface area (Å²) in [7, 11) is 2.07. The lowest BCUT2D eigenvalue weighted by atomic mass is 10.0.